The molecular weight excluding hydrogens is 366 g/mol. The number of nitrogens with zero attached hydrogens (tertiary/aromatic N) is 6. The number of hydrogen-bond donors (Lipinski definition) is 1. The molecule has 0 amide bonds. The minimum atomic E-state index is 0.688. The van der Waals surface area contributed by atoms with Gasteiger partial charge in [0.05, 0.1) is 12.3 Å². The summed E-state index contributed by atoms with van der Waals surface area (Å²) in [4.78, 5) is 3.87. The predicted molar refractivity (Wildman–Crippen MR) is 114 cm³/mol. The van der Waals surface area contributed by atoms with Crippen molar-refractivity contribution in [1.29, 1.82) is 0 Å². The van der Waals surface area contributed by atoms with Gasteiger partial charge in [-0.1, -0.05) is 11.8 Å². The average Bonchev–Trinajstić information content (AvgIpc) is 3.15. The fourth-order valence-corrected chi connectivity index (χ4v) is 3.62. The largest absolute Gasteiger partial charge is 0.494 e. The van der Waals surface area contributed by atoms with Crippen LogP contribution < -0.4 is 15.1 Å². The minimum absolute atomic E-state index is 0.688. The third kappa shape index (κ3) is 4.93. The maximum absolute atomic E-state index is 6.00. The zero-order chi connectivity index (χ0) is 20.1. The molecule has 1 aliphatic heterocycles. The van der Waals surface area contributed by atoms with Gasteiger partial charge >= 0.3 is 0 Å². The molecule has 0 saturated carbocycles. The van der Waals surface area contributed by atoms with E-state index >= 15 is 0 Å². The lowest BCUT2D eigenvalue weighted by atomic mass is 9.94. The van der Waals surface area contributed by atoms with Crippen molar-refractivity contribution in [2.24, 2.45) is 5.92 Å². The molecule has 1 aromatic carbocycles. The summed E-state index contributed by atoms with van der Waals surface area (Å²) in [5, 5.41) is 17.3. The smallest absolute Gasteiger partial charge is 0.151 e. The van der Waals surface area contributed by atoms with Crippen LogP contribution in [0.3, 0.4) is 0 Å². The highest BCUT2D eigenvalue weighted by Gasteiger charge is 2.20. The molecular formula is C21H29N7O. The first kappa shape index (κ1) is 19.4. The highest BCUT2D eigenvalue weighted by molar-refractivity contribution is 5.75. The summed E-state index contributed by atoms with van der Waals surface area (Å²) in [5.41, 5.74) is 5.82. The molecule has 0 unspecified atom stereocenters. The summed E-state index contributed by atoms with van der Waals surface area (Å²) < 4.78 is 6.00. The maximum atomic E-state index is 6.00. The number of piperidine rings is 1. The summed E-state index contributed by atoms with van der Waals surface area (Å²) in [6.45, 7) is 7.71. The van der Waals surface area contributed by atoms with E-state index < -0.39 is 0 Å². The monoisotopic (exact) mass is 395 g/mol. The molecule has 1 saturated heterocycles. The normalized spacial score (nSPS) is 15.0. The second-order valence-corrected chi connectivity index (χ2v) is 7.65. The van der Waals surface area contributed by atoms with Crippen molar-refractivity contribution < 1.29 is 4.74 Å². The van der Waals surface area contributed by atoms with Gasteiger partial charge in [0.25, 0.3) is 0 Å². The van der Waals surface area contributed by atoms with Gasteiger partial charge in [0.2, 0.25) is 0 Å². The third-order valence-corrected chi connectivity index (χ3v) is 5.37. The van der Waals surface area contributed by atoms with Crippen LogP contribution in [0.15, 0.2) is 30.3 Å². The van der Waals surface area contributed by atoms with E-state index in [0.29, 0.717) is 5.92 Å². The van der Waals surface area contributed by atoms with Crippen LogP contribution in [0.4, 0.5) is 5.82 Å². The van der Waals surface area contributed by atoms with Crippen LogP contribution in [-0.4, -0.2) is 51.5 Å². The second kappa shape index (κ2) is 9.07. The molecule has 8 nitrogen and oxygen atoms in total. The molecule has 29 heavy (non-hydrogen) atoms. The van der Waals surface area contributed by atoms with Crippen LogP contribution in [0.5, 0.6) is 5.75 Å². The molecule has 8 heteroatoms. The van der Waals surface area contributed by atoms with Crippen molar-refractivity contribution in [1.82, 2.24) is 25.3 Å². The van der Waals surface area contributed by atoms with Crippen LogP contribution in [-0.2, 0) is 0 Å². The van der Waals surface area contributed by atoms with Gasteiger partial charge in [0.15, 0.2) is 5.82 Å². The minimum Gasteiger partial charge on any atom is -0.494 e. The predicted octanol–water partition coefficient (Wildman–Crippen LogP) is 3.17. The van der Waals surface area contributed by atoms with E-state index in [1.807, 2.05) is 31.2 Å². The van der Waals surface area contributed by atoms with Crippen molar-refractivity contribution in [3.63, 3.8) is 0 Å². The van der Waals surface area contributed by atoms with Crippen molar-refractivity contribution in [2.75, 3.05) is 36.6 Å². The van der Waals surface area contributed by atoms with Gasteiger partial charge in [-0.2, -0.15) is 5.10 Å². The number of ether oxygens (including phenoxy) is 1. The highest BCUT2D eigenvalue weighted by atomic mass is 16.5. The lowest BCUT2D eigenvalue weighted by Crippen LogP contribution is -2.34. The number of nitrogens with one attached hydrogen (secondary N) is 1. The van der Waals surface area contributed by atoms with Crippen molar-refractivity contribution in [3.8, 4) is 5.75 Å². The molecule has 1 fully saturated rings. The first-order chi connectivity index (χ1) is 14.2. The summed E-state index contributed by atoms with van der Waals surface area (Å²) in [6, 6.07) is 9.99. The maximum Gasteiger partial charge on any atom is 0.151 e. The summed E-state index contributed by atoms with van der Waals surface area (Å²) in [5.74, 6) is 2.53. The average molecular weight is 396 g/mol. The van der Waals surface area contributed by atoms with E-state index in [4.69, 9.17) is 4.74 Å². The van der Waals surface area contributed by atoms with Crippen LogP contribution in [0.2, 0.25) is 0 Å². The van der Waals surface area contributed by atoms with Gasteiger partial charge in [-0.05, 0) is 62.8 Å². The van der Waals surface area contributed by atoms with E-state index in [9.17, 15) is 0 Å². The van der Waals surface area contributed by atoms with Gasteiger partial charge in [-0.15, -0.1) is 15.3 Å². The first-order valence-corrected chi connectivity index (χ1v) is 10.5. The fraction of sp³-hybridized carbons (Fsp3) is 0.524. The molecule has 4 rings (SSSR count). The van der Waals surface area contributed by atoms with Crippen LogP contribution in [0.25, 0.3) is 11.0 Å². The number of hydrogen-bond acceptors (Lipinski definition) is 7. The van der Waals surface area contributed by atoms with Crippen molar-refractivity contribution in [3.05, 3.63) is 36.0 Å². The van der Waals surface area contributed by atoms with Gasteiger partial charge in [-0.25, -0.2) is 0 Å². The molecule has 0 aliphatic carbocycles. The molecule has 0 bridgehead atoms. The Balaban J connectivity index is 1.23. The number of benzene rings is 1. The van der Waals surface area contributed by atoms with E-state index in [0.717, 1.165) is 80.2 Å². The lowest BCUT2D eigenvalue weighted by molar-refractivity contribution is 0.258. The molecule has 1 aliphatic rings. The Kier molecular flexibility index (Phi) is 6.07. The van der Waals surface area contributed by atoms with Crippen LogP contribution >= 0.6 is 0 Å². The summed E-state index contributed by atoms with van der Waals surface area (Å²) in [6.07, 6.45) is 4.42. The first-order valence-electron chi connectivity index (χ1n) is 10.5. The topological polar surface area (TPSA) is 81.0 Å². The number of anilines is 1. The lowest BCUT2D eigenvalue weighted by Gasteiger charge is -2.32. The Morgan fingerprint density at radius 1 is 1.07 bits per heavy atom. The molecule has 0 atom stereocenters. The Morgan fingerprint density at radius 3 is 2.66 bits per heavy atom. The zero-order valence-corrected chi connectivity index (χ0v) is 17.2. The van der Waals surface area contributed by atoms with E-state index in [1.165, 1.54) is 0 Å². The molecule has 3 aromatic rings. The van der Waals surface area contributed by atoms with Gasteiger partial charge in [-0.3, -0.25) is 5.43 Å². The Morgan fingerprint density at radius 2 is 1.90 bits per heavy atom. The van der Waals surface area contributed by atoms with Gasteiger partial charge in [0.1, 0.15) is 16.8 Å². The molecule has 0 spiro atoms. The van der Waals surface area contributed by atoms with Crippen LogP contribution in [0.1, 0.15) is 38.3 Å². The third-order valence-electron chi connectivity index (χ3n) is 5.37. The van der Waals surface area contributed by atoms with E-state index in [-0.39, 0.29) is 0 Å². The number of aryl methyl sites for hydroxylation is 1. The van der Waals surface area contributed by atoms with E-state index in [1.54, 1.807) is 4.91 Å². The van der Waals surface area contributed by atoms with Gasteiger partial charge < -0.3 is 9.64 Å². The SMILES string of the molecule is CCCNn1nc2ccc(OCCC3CCN(c4ccc(C)nn4)CC3)cc2n1. The highest BCUT2D eigenvalue weighted by Crippen LogP contribution is 2.24. The standard InChI is InChI=1S/C21H29N7O/c1-3-11-22-28-25-19-6-5-18(15-20(19)26-28)29-14-10-17-8-12-27(13-9-17)21-7-4-16(2)23-24-21/h4-7,15,17,22H,3,8-14H2,1-2H3. The van der Waals surface area contributed by atoms with Crippen molar-refractivity contribution in [2.45, 2.75) is 39.5 Å². The zero-order valence-electron chi connectivity index (χ0n) is 17.2. The fourth-order valence-electron chi connectivity index (χ4n) is 3.62. The Hall–Kier alpha value is -2.90. The Bertz CT molecular complexity index is 916. The molecule has 1 N–H and O–H groups in total. The number of fused-ring (bicyclic) bond motifs is 1. The van der Waals surface area contributed by atoms with Crippen molar-refractivity contribution >= 4 is 16.9 Å². The molecule has 154 valence electrons. The number of rotatable bonds is 8. The molecule has 2 aromatic heterocycles. The quantitative estimate of drug-likeness (QED) is 0.627. The molecule has 0 radical (unpaired) electrons. The summed E-state index contributed by atoms with van der Waals surface area (Å²) in [7, 11) is 0. The number of aromatic nitrogens is 5. The second-order valence-electron chi connectivity index (χ2n) is 7.65. The molecule has 3 heterocycles. The summed E-state index contributed by atoms with van der Waals surface area (Å²) >= 11 is 0. The Labute approximate surface area is 171 Å². The van der Waals surface area contributed by atoms with Crippen LogP contribution in [0, 0.1) is 12.8 Å². The van der Waals surface area contributed by atoms with Gasteiger partial charge in [0, 0.05) is 25.7 Å². The van der Waals surface area contributed by atoms with E-state index in [2.05, 4.69) is 43.7 Å².